The van der Waals surface area contributed by atoms with Gasteiger partial charge in [-0.3, -0.25) is 4.90 Å². The van der Waals surface area contributed by atoms with Gasteiger partial charge < -0.3 is 9.84 Å². The Labute approximate surface area is 128 Å². The third-order valence-corrected chi connectivity index (χ3v) is 4.36. The van der Waals surface area contributed by atoms with Gasteiger partial charge in [0.2, 0.25) is 0 Å². The fourth-order valence-corrected chi connectivity index (χ4v) is 3.17. The molecule has 1 saturated heterocycles. The van der Waals surface area contributed by atoms with Gasteiger partial charge in [-0.1, -0.05) is 44.0 Å². The van der Waals surface area contributed by atoms with Crippen molar-refractivity contribution in [3.05, 3.63) is 35.4 Å². The van der Waals surface area contributed by atoms with Crippen LogP contribution in [0.1, 0.15) is 43.2 Å². The van der Waals surface area contributed by atoms with Gasteiger partial charge in [-0.2, -0.15) is 0 Å². The van der Waals surface area contributed by atoms with E-state index in [1.54, 1.807) is 0 Å². The molecule has 1 aliphatic heterocycles. The van der Waals surface area contributed by atoms with Gasteiger partial charge in [0, 0.05) is 26.2 Å². The highest BCUT2D eigenvalue weighted by Gasteiger charge is 2.19. The van der Waals surface area contributed by atoms with Crippen molar-refractivity contribution in [2.24, 2.45) is 0 Å². The Morgan fingerprint density at radius 2 is 2.00 bits per heavy atom. The molecule has 1 N–H and O–H groups in total. The summed E-state index contributed by atoms with van der Waals surface area (Å²) in [5.41, 5.74) is 2.75. The highest BCUT2D eigenvalue weighted by molar-refractivity contribution is 5.31. The molecular formula is C18H29NO2. The standard InChI is InChI=1S/C18H29NO2/c1-2-3-6-17(15-19-10-13-21-14-11-19)18-8-5-4-7-16(18)9-12-20/h4-5,7-8,17,20H,2-3,6,9-15H2,1H3. The van der Waals surface area contributed by atoms with E-state index in [4.69, 9.17) is 4.74 Å². The van der Waals surface area contributed by atoms with E-state index in [9.17, 15) is 5.11 Å². The van der Waals surface area contributed by atoms with Crippen LogP contribution in [-0.2, 0) is 11.2 Å². The molecule has 0 radical (unpaired) electrons. The molecule has 1 heterocycles. The van der Waals surface area contributed by atoms with Crippen molar-refractivity contribution in [2.45, 2.75) is 38.5 Å². The zero-order valence-electron chi connectivity index (χ0n) is 13.3. The van der Waals surface area contributed by atoms with Gasteiger partial charge in [0.15, 0.2) is 0 Å². The molecule has 1 aliphatic rings. The largest absolute Gasteiger partial charge is 0.396 e. The van der Waals surface area contributed by atoms with Gasteiger partial charge in [-0.15, -0.1) is 0 Å². The maximum Gasteiger partial charge on any atom is 0.0594 e. The number of nitrogens with zero attached hydrogens (tertiary/aromatic N) is 1. The molecular weight excluding hydrogens is 262 g/mol. The first-order valence-corrected chi connectivity index (χ1v) is 8.34. The predicted molar refractivity (Wildman–Crippen MR) is 86.8 cm³/mol. The van der Waals surface area contributed by atoms with Crippen molar-refractivity contribution in [3.8, 4) is 0 Å². The Balaban J connectivity index is 2.10. The summed E-state index contributed by atoms with van der Waals surface area (Å²) >= 11 is 0. The molecule has 0 spiro atoms. The Bertz CT molecular complexity index is 402. The van der Waals surface area contributed by atoms with Crippen LogP contribution in [0.4, 0.5) is 0 Å². The molecule has 3 heteroatoms. The number of ether oxygens (including phenoxy) is 1. The molecule has 0 aromatic heterocycles. The van der Waals surface area contributed by atoms with Crippen LogP contribution in [0.25, 0.3) is 0 Å². The molecule has 118 valence electrons. The van der Waals surface area contributed by atoms with Crippen molar-refractivity contribution in [1.29, 1.82) is 0 Å². The monoisotopic (exact) mass is 291 g/mol. The van der Waals surface area contributed by atoms with Crippen LogP contribution in [0.5, 0.6) is 0 Å². The average molecular weight is 291 g/mol. The highest BCUT2D eigenvalue weighted by Crippen LogP contribution is 2.27. The third kappa shape index (κ3) is 5.10. The number of hydrogen-bond acceptors (Lipinski definition) is 3. The van der Waals surface area contributed by atoms with Gasteiger partial charge in [0.1, 0.15) is 0 Å². The Morgan fingerprint density at radius 1 is 1.24 bits per heavy atom. The summed E-state index contributed by atoms with van der Waals surface area (Å²) in [4.78, 5) is 2.53. The molecule has 0 saturated carbocycles. The van der Waals surface area contributed by atoms with Crippen LogP contribution in [-0.4, -0.2) is 49.5 Å². The number of rotatable bonds is 8. The van der Waals surface area contributed by atoms with Gasteiger partial charge in [0.05, 0.1) is 13.2 Å². The molecule has 1 atom stereocenters. The van der Waals surface area contributed by atoms with Gasteiger partial charge in [0.25, 0.3) is 0 Å². The van der Waals surface area contributed by atoms with Crippen molar-refractivity contribution in [3.63, 3.8) is 0 Å². The number of hydrogen-bond donors (Lipinski definition) is 1. The molecule has 1 aromatic carbocycles. The van der Waals surface area contributed by atoms with E-state index in [2.05, 4.69) is 36.1 Å². The average Bonchev–Trinajstić information content (AvgIpc) is 2.53. The molecule has 1 aromatic rings. The molecule has 0 aliphatic carbocycles. The minimum Gasteiger partial charge on any atom is -0.396 e. The summed E-state index contributed by atoms with van der Waals surface area (Å²) in [6.45, 7) is 7.42. The Hall–Kier alpha value is -0.900. The summed E-state index contributed by atoms with van der Waals surface area (Å²) in [5.74, 6) is 0.575. The van der Waals surface area contributed by atoms with Crippen LogP contribution >= 0.6 is 0 Å². The second-order valence-electron chi connectivity index (χ2n) is 5.92. The van der Waals surface area contributed by atoms with E-state index >= 15 is 0 Å². The molecule has 1 fully saturated rings. The van der Waals surface area contributed by atoms with Crippen LogP contribution < -0.4 is 0 Å². The zero-order chi connectivity index (χ0) is 14.9. The van der Waals surface area contributed by atoms with Crippen molar-refractivity contribution in [1.82, 2.24) is 4.90 Å². The minimum atomic E-state index is 0.231. The van der Waals surface area contributed by atoms with Crippen molar-refractivity contribution in [2.75, 3.05) is 39.5 Å². The normalized spacial score (nSPS) is 17.8. The van der Waals surface area contributed by atoms with E-state index in [-0.39, 0.29) is 6.61 Å². The maximum atomic E-state index is 9.30. The number of aliphatic hydroxyl groups excluding tert-OH is 1. The van der Waals surface area contributed by atoms with Crippen molar-refractivity contribution < 1.29 is 9.84 Å². The van der Waals surface area contributed by atoms with E-state index in [1.807, 2.05) is 0 Å². The lowest BCUT2D eigenvalue weighted by atomic mass is 9.88. The van der Waals surface area contributed by atoms with Crippen LogP contribution in [0.3, 0.4) is 0 Å². The molecule has 21 heavy (non-hydrogen) atoms. The van der Waals surface area contributed by atoms with Crippen LogP contribution in [0, 0.1) is 0 Å². The Kier molecular flexibility index (Phi) is 7.20. The van der Waals surface area contributed by atoms with Crippen molar-refractivity contribution >= 4 is 0 Å². The summed E-state index contributed by atoms with van der Waals surface area (Å²) < 4.78 is 5.46. The SMILES string of the molecule is CCCCC(CN1CCOCC1)c1ccccc1CCO. The summed E-state index contributed by atoms with van der Waals surface area (Å²) in [7, 11) is 0. The van der Waals surface area contributed by atoms with Gasteiger partial charge >= 0.3 is 0 Å². The lowest BCUT2D eigenvalue weighted by Gasteiger charge is -2.31. The summed E-state index contributed by atoms with van der Waals surface area (Å²) in [5, 5.41) is 9.30. The number of morpholine rings is 1. The number of unbranched alkanes of at least 4 members (excludes halogenated alkanes) is 1. The Morgan fingerprint density at radius 3 is 2.71 bits per heavy atom. The van der Waals surface area contributed by atoms with E-state index < -0.39 is 0 Å². The fraction of sp³-hybridized carbons (Fsp3) is 0.667. The molecule has 0 bridgehead atoms. The second kappa shape index (κ2) is 9.19. The lowest BCUT2D eigenvalue weighted by Crippen LogP contribution is -2.39. The number of aliphatic hydroxyl groups is 1. The molecule has 1 unspecified atom stereocenters. The van der Waals surface area contributed by atoms with Crippen LogP contribution in [0.15, 0.2) is 24.3 Å². The van der Waals surface area contributed by atoms with E-state index in [1.165, 1.54) is 30.4 Å². The maximum absolute atomic E-state index is 9.30. The number of benzene rings is 1. The summed E-state index contributed by atoms with van der Waals surface area (Å²) in [6.07, 6.45) is 4.50. The first-order chi connectivity index (χ1) is 10.3. The zero-order valence-corrected chi connectivity index (χ0v) is 13.3. The topological polar surface area (TPSA) is 32.7 Å². The smallest absolute Gasteiger partial charge is 0.0594 e. The molecule has 2 rings (SSSR count). The van der Waals surface area contributed by atoms with Gasteiger partial charge in [-0.25, -0.2) is 0 Å². The molecule has 3 nitrogen and oxygen atoms in total. The fourth-order valence-electron chi connectivity index (χ4n) is 3.17. The van der Waals surface area contributed by atoms with E-state index in [0.717, 1.165) is 39.3 Å². The molecule has 0 amide bonds. The first kappa shape index (κ1) is 16.5. The van der Waals surface area contributed by atoms with E-state index in [0.29, 0.717) is 5.92 Å². The van der Waals surface area contributed by atoms with Gasteiger partial charge in [-0.05, 0) is 29.9 Å². The third-order valence-electron chi connectivity index (χ3n) is 4.36. The lowest BCUT2D eigenvalue weighted by molar-refractivity contribution is 0.0345. The predicted octanol–water partition coefficient (Wildman–Crippen LogP) is 2.83. The van der Waals surface area contributed by atoms with Crippen LogP contribution in [0.2, 0.25) is 0 Å². The first-order valence-electron chi connectivity index (χ1n) is 8.34. The highest BCUT2D eigenvalue weighted by atomic mass is 16.5. The minimum absolute atomic E-state index is 0.231. The second-order valence-corrected chi connectivity index (χ2v) is 5.92. The summed E-state index contributed by atoms with van der Waals surface area (Å²) in [6, 6.07) is 8.64. The quantitative estimate of drug-likeness (QED) is 0.799.